The number of carboxylic acid groups (broad SMARTS) is 1. The lowest BCUT2D eigenvalue weighted by Crippen LogP contribution is -2.40. The molecule has 7 nitrogen and oxygen atoms in total. The number of nitrogens with one attached hydrogen (secondary N) is 1. The maximum atomic E-state index is 11.6. The van der Waals surface area contributed by atoms with Crippen LogP contribution in [0, 0.1) is 0 Å². The Bertz CT molecular complexity index is 431. The number of carbonyl (C=O) groups excluding carboxylic acids is 2. The van der Waals surface area contributed by atoms with Gasteiger partial charge in [0.2, 0.25) is 0 Å². The fourth-order valence-corrected chi connectivity index (χ4v) is 1.70. The average molecular weight is 272 g/mol. The van der Waals surface area contributed by atoms with Crippen molar-refractivity contribution in [2.45, 2.75) is 18.9 Å². The van der Waals surface area contributed by atoms with Gasteiger partial charge in [-0.15, -0.1) is 11.3 Å². The Balaban J connectivity index is 2.55. The van der Waals surface area contributed by atoms with Crippen molar-refractivity contribution < 1.29 is 24.2 Å². The number of aromatic nitrogens is 1. The van der Waals surface area contributed by atoms with Crippen LogP contribution in [0.2, 0.25) is 0 Å². The van der Waals surface area contributed by atoms with E-state index in [9.17, 15) is 14.4 Å². The molecule has 0 fully saturated rings. The molecule has 0 spiro atoms. The summed E-state index contributed by atoms with van der Waals surface area (Å²) in [6.45, 7) is 0. The third-order valence-corrected chi connectivity index (χ3v) is 2.90. The number of rotatable bonds is 6. The number of ether oxygens (including phenoxy) is 1. The van der Waals surface area contributed by atoms with E-state index in [1.807, 2.05) is 0 Å². The fourth-order valence-electron chi connectivity index (χ4n) is 1.18. The van der Waals surface area contributed by atoms with E-state index in [1.165, 1.54) is 18.8 Å². The number of amides is 1. The fraction of sp³-hybridized carbons (Fsp3) is 0.400. The number of esters is 1. The summed E-state index contributed by atoms with van der Waals surface area (Å²) in [5, 5.41) is 11.2. The monoisotopic (exact) mass is 272 g/mol. The summed E-state index contributed by atoms with van der Waals surface area (Å²) in [7, 11) is 1.22. The minimum Gasteiger partial charge on any atom is -0.480 e. The maximum Gasteiger partial charge on any atom is 0.326 e. The molecule has 8 heteroatoms. The van der Waals surface area contributed by atoms with E-state index in [0.717, 1.165) is 11.3 Å². The molecule has 1 rings (SSSR count). The van der Waals surface area contributed by atoms with Crippen molar-refractivity contribution in [2.24, 2.45) is 0 Å². The molecule has 18 heavy (non-hydrogen) atoms. The molecule has 1 atom stereocenters. The first-order valence-corrected chi connectivity index (χ1v) is 5.91. The Kier molecular flexibility index (Phi) is 5.25. The molecule has 0 aliphatic heterocycles. The maximum absolute atomic E-state index is 11.6. The average Bonchev–Trinajstić information content (AvgIpc) is 2.87. The molecule has 0 radical (unpaired) electrons. The first kappa shape index (κ1) is 14.1. The van der Waals surface area contributed by atoms with E-state index >= 15 is 0 Å². The molecule has 0 bridgehead atoms. The van der Waals surface area contributed by atoms with Crippen LogP contribution >= 0.6 is 11.3 Å². The summed E-state index contributed by atoms with van der Waals surface area (Å²) in [4.78, 5) is 37.5. The SMILES string of the molecule is COC(=O)CCC(NC(=O)c1cncs1)C(=O)O. The molecule has 1 unspecified atom stereocenters. The van der Waals surface area contributed by atoms with Gasteiger partial charge in [0.1, 0.15) is 10.9 Å². The van der Waals surface area contributed by atoms with Crippen molar-refractivity contribution >= 4 is 29.2 Å². The van der Waals surface area contributed by atoms with Gasteiger partial charge >= 0.3 is 11.9 Å². The molecule has 1 aromatic heterocycles. The molecule has 0 aliphatic rings. The molecule has 0 saturated heterocycles. The van der Waals surface area contributed by atoms with Crippen LogP contribution in [0.1, 0.15) is 22.5 Å². The zero-order valence-corrected chi connectivity index (χ0v) is 10.4. The van der Waals surface area contributed by atoms with Crippen LogP contribution < -0.4 is 5.32 Å². The molecule has 98 valence electrons. The summed E-state index contributed by atoms with van der Waals surface area (Å²) in [6.07, 6.45) is 1.25. The van der Waals surface area contributed by atoms with E-state index in [0.29, 0.717) is 4.88 Å². The number of nitrogens with zero attached hydrogens (tertiary/aromatic N) is 1. The number of hydrogen-bond acceptors (Lipinski definition) is 6. The van der Waals surface area contributed by atoms with Crippen LogP contribution in [0.3, 0.4) is 0 Å². The predicted molar refractivity (Wildman–Crippen MR) is 62.3 cm³/mol. The zero-order valence-electron chi connectivity index (χ0n) is 9.58. The zero-order chi connectivity index (χ0) is 13.5. The van der Waals surface area contributed by atoms with Gasteiger partial charge in [-0.05, 0) is 6.42 Å². The summed E-state index contributed by atoms with van der Waals surface area (Å²) >= 11 is 1.11. The lowest BCUT2D eigenvalue weighted by Gasteiger charge is -2.12. The van der Waals surface area contributed by atoms with Crippen LogP contribution in [0.25, 0.3) is 0 Å². The van der Waals surface area contributed by atoms with Crippen molar-refractivity contribution in [3.63, 3.8) is 0 Å². The minimum atomic E-state index is -1.20. The van der Waals surface area contributed by atoms with Crippen molar-refractivity contribution in [1.82, 2.24) is 10.3 Å². The van der Waals surface area contributed by atoms with E-state index in [1.54, 1.807) is 0 Å². The van der Waals surface area contributed by atoms with E-state index in [2.05, 4.69) is 15.0 Å². The van der Waals surface area contributed by atoms with Gasteiger partial charge in [-0.2, -0.15) is 0 Å². The number of methoxy groups -OCH3 is 1. The third-order valence-electron chi connectivity index (χ3n) is 2.12. The van der Waals surface area contributed by atoms with Gasteiger partial charge in [0.15, 0.2) is 0 Å². The Morgan fingerprint density at radius 2 is 2.28 bits per heavy atom. The van der Waals surface area contributed by atoms with Gasteiger partial charge in [-0.25, -0.2) is 4.79 Å². The number of thiazole rings is 1. The van der Waals surface area contributed by atoms with Crippen LogP contribution in [-0.4, -0.2) is 41.1 Å². The summed E-state index contributed by atoms with van der Waals surface area (Å²) in [6, 6.07) is -1.13. The van der Waals surface area contributed by atoms with Crippen molar-refractivity contribution in [3.05, 3.63) is 16.6 Å². The molecule has 1 amide bonds. The highest BCUT2D eigenvalue weighted by molar-refractivity contribution is 7.11. The van der Waals surface area contributed by atoms with Crippen LogP contribution in [0.5, 0.6) is 0 Å². The van der Waals surface area contributed by atoms with Crippen LogP contribution in [0.4, 0.5) is 0 Å². The first-order chi connectivity index (χ1) is 8.54. The van der Waals surface area contributed by atoms with Crippen molar-refractivity contribution in [2.75, 3.05) is 7.11 Å². The number of aliphatic carboxylic acids is 1. The highest BCUT2D eigenvalue weighted by atomic mass is 32.1. The lowest BCUT2D eigenvalue weighted by atomic mass is 10.1. The molecular formula is C10H12N2O5S. The second-order valence-electron chi connectivity index (χ2n) is 3.34. The van der Waals surface area contributed by atoms with Gasteiger partial charge in [0, 0.05) is 6.42 Å². The molecule has 1 aromatic rings. The van der Waals surface area contributed by atoms with E-state index in [4.69, 9.17) is 5.11 Å². The highest BCUT2D eigenvalue weighted by Gasteiger charge is 2.22. The Morgan fingerprint density at radius 1 is 1.56 bits per heavy atom. The smallest absolute Gasteiger partial charge is 0.326 e. The summed E-state index contributed by atoms with van der Waals surface area (Å²) in [5.74, 6) is -2.24. The van der Waals surface area contributed by atoms with Gasteiger partial charge in [-0.1, -0.05) is 0 Å². The second kappa shape index (κ2) is 6.70. The molecular weight excluding hydrogens is 260 g/mol. The molecule has 0 aromatic carbocycles. The van der Waals surface area contributed by atoms with Gasteiger partial charge in [0.05, 0.1) is 18.8 Å². The van der Waals surface area contributed by atoms with E-state index < -0.39 is 23.9 Å². The summed E-state index contributed by atoms with van der Waals surface area (Å²) in [5.41, 5.74) is 1.47. The second-order valence-corrected chi connectivity index (χ2v) is 4.23. The van der Waals surface area contributed by atoms with Gasteiger partial charge in [0.25, 0.3) is 5.91 Å². The number of hydrogen-bond donors (Lipinski definition) is 2. The Labute approximate surface area is 107 Å². The van der Waals surface area contributed by atoms with Gasteiger partial charge in [-0.3, -0.25) is 14.6 Å². The number of carboxylic acids is 1. The normalized spacial score (nSPS) is 11.6. The summed E-state index contributed by atoms with van der Waals surface area (Å²) < 4.78 is 4.41. The van der Waals surface area contributed by atoms with Crippen molar-refractivity contribution in [3.8, 4) is 0 Å². The molecule has 0 saturated carbocycles. The molecule has 1 heterocycles. The lowest BCUT2D eigenvalue weighted by molar-refractivity contribution is -0.142. The van der Waals surface area contributed by atoms with Gasteiger partial charge < -0.3 is 15.2 Å². The minimum absolute atomic E-state index is 0.0213. The highest BCUT2D eigenvalue weighted by Crippen LogP contribution is 2.07. The third kappa shape index (κ3) is 4.13. The first-order valence-electron chi connectivity index (χ1n) is 5.03. The topological polar surface area (TPSA) is 106 Å². The van der Waals surface area contributed by atoms with Crippen molar-refractivity contribution in [1.29, 1.82) is 0 Å². The molecule has 0 aliphatic carbocycles. The molecule has 2 N–H and O–H groups in total. The van der Waals surface area contributed by atoms with E-state index in [-0.39, 0.29) is 12.8 Å². The standard InChI is InChI=1S/C10H12N2O5S/c1-17-8(13)3-2-6(10(15)16)12-9(14)7-4-11-5-18-7/h4-6H,2-3H2,1H3,(H,12,14)(H,15,16). The van der Waals surface area contributed by atoms with Crippen LogP contribution in [-0.2, 0) is 14.3 Å². The largest absolute Gasteiger partial charge is 0.480 e. The van der Waals surface area contributed by atoms with Crippen LogP contribution in [0.15, 0.2) is 11.7 Å². The quantitative estimate of drug-likeness (QED) is 0.720. The predicted octanol–water partition coefficient (Wildman–Crippen LogP) is 0.279. The Morgan fingerprint density at radius 3 is 2.78 bits per heavy atom. The Hall–Kier alpha value is -1.96. The number of carbonyl (C=O) groups is 3.